The van der Waals surface area contributed by atoms with Crippen molar-refractivity contribution in [2.75, 3.05) is 0 Å². The van der Waals surface area contributed by atoms with E-state index in [0.29, 0.717) is 0 Å². The van der Waals surface area contributed by atoms with E-state index in [1.54, 1.807) is 24.3 Å². The van der Waals surface area contributed by atoms with Gasteiger partial charge in [-0.25, -0.2) is 4.39 Å². The van der Waals surface area contributed by atoms with Crippen LogP contribution < -0.4 is 5.32 Å². The summed E-state index contributed by atoms with van der Waals surface area (Å²) >= 11 is 0. The average Bonchev–Trinajstić information content (AvgIpc) is 2.39. The minimum Gasteiger partial charge on any atom is -0.508 e. The lowest BCUT2D eigenvalue weighted by atomic mass is 10.0. The molecule has 0 fully saturated rings. The Kier molecular flexibility index (Phi) is 4.17. The molecule has 2 rings (SSSR count). The fourth-order valence-corrected chi connectivity index (χ4v) is 2.11. The third-order valence-corrected chi connectivity index (χ3v) is 3.24. The summed E-state index contributed by atoms with van der Waals surface area (Å²) in [6.45, 7) is 4.07. The lowest BCUT2D eigenvalue weighted by Gasteiger charge is -2.21. The van der Waals surface area contributed by atoms with Gasteiger partial charge in [-0.2, -0.15) is 0 Å². The van der Waals surface area contributed by atoms with Crippen LogP contribution in [0.5, 0.6) is 5.75 Å². The van der Waals surface area contributed by atoms with Crippen LogP contribution in [0.3, 0.4) is 0 Å². The van der Waals surface area contributed by atoms with Gasteiger partial charge in [0.1, 0.15) is 11.6 Å². The second-order valence-corrected chi connectivity index (χ2v) is 4.76. The molecule has 0 heterocycles. The van der Waals surface area contributed by atoms with Gasteiger partial charge < -0.3 is 10.4 Å². The Balaban J connectivity index is 2.06. The Hall–Kier alpha value is -1.87. The van der Waals surface area contributed by atoms with Crippen LogP contribution in [-0.4, -0.2) is 5.11 Å². The van der Waals surface area contributed by atoms with Gasteiger partial charge in [-0.05, 0) is 49.2 Å². The van der Waals surface area contributed by atoms with E-state index in [9.17, 15) is 9.50 Å². The molecule has 19 heavy (non-hydrogen) atoms. The number of nitrogens with one attached hydrogen (secondary N) is 1. The SMILES string of the molecule is CC(N[C@@H](C)c1ccc(F)cc1)c1cccc(O)c1. The van der Waals surface area contributed by atoms with E-state index in [0.717, 1.165) is 11.1 Å². The number of halogens is 1. The maximum absolute atomic E-state index is 12.9. The van der Waals surface area contributed by atoms with Crippen LogP contribution in [0.1, 0.15) is 37.1 Å². The van der Waals surface area contributed by atoms with E-state index in [-0.39, 0.29) is 23.7 Å². The van der Waals surface area contributed by atoms with Crippen molar-refractivity contribution >= 4 is 0 Å². The summed E-state index contributed by atoms with van der Waals surface area (Å²) in [5, 5.41) is 12.9. The molecule has 2 aromatic rings. The minimum atomic E-state index is -0.225. The fraction of sp³-hybridized carbons (Fsp3) is 0.250. The Labute approximate surface area is 112 Å². The molecule has 2 N–H and O–H groups in total. The topological polar surface area (TPSA) is 32.3 Å². The normalized spacial score (nSPS) is 14.1. The Morgan fingerprint density at radius 1 is 0.947 bits per heavy atom. The van der Waals surface area contributed by atoms with E-state index < -0.39 is 0 Å². The molecule has 0 saturated carbocycles. The smallest absolute Gasteiger partial charge is 0.123 e. The largest absolute Gasteiger partial charge is 0.508 e. The molecule has 0 aliphatic carbocycles. The highest BCUT2D eigenvalue weighted by molar-refractivity contribution is 5.29. The maximum atomic E-state index is 12.9. The van der Waals surface area contributed by atoms with Crippen LogP contribution in [0.4, 0.5) is 4.39 Å². The molecule has 2 atom stereocenters. The summed E-state index contributed by atoms with van der Waals surface area (Å²) in [5.41, 5.74) is 2.06. The number of benzene rings is 2. The van der Waals surface area contributed by atoms with Gasteiger partial charge in [0.05, 0.1) is 0 Å². The van der Waals surface area contributed by atoms with Crippen LogP contribution in [0, 0.1) is 5.82 Å². The van der Waals surface area contributed by atoms with Gasteiger partial charge in [-0.3, -0.25) is 0 Å². The van der Waals surface area contributed by atoms with E-state index in [1.165, 1.54) is 12.1 Å². The number of hydrogen-bond acceptors (Lipinski definition) is 2. The summed E-state index contributed by atoms with van der Waals surface area (Å²) in [7, 11) is 0. The van der Waals surface area contributed by atoms with Gasteiger partial charge in [-0.1, -0.05) is 24.3 Å². The summed E-state index contributed by atoms with van der Waals surface area (Å²) in [4.78, 5) is 0. The zero-order chi connectivity index (χ0) is 13.8. The molecule has 0 saturated heterocycles. The predicted molar refractivity (Wildman–Crippen MR) is 74.5 cm³/mol. The van der Waals surface area contributed by atoms with Crippen molar-refractivity contribution in [3.8, 4) is 5.75 Å². The van der Waals surface area contributed by atoms with Crippen molar-refractivity contribution < 1.29 is 9.50 Å². The first kappa shape index (κ1) is 13.6. The second kappa shape index (κ2) is 5.85. The molecular weight excluding hydrogens is 241 g/mol. The van der Waals surface area contributed by atoms with Crippen molar-refractivity contribution in [3.05, 3.63) is 65.5 Å². The van der Waals surface area contributed by atoms with Crippen molar-refractivity contribution in [2.24, 2.45) is 0 Å². The molecule has 0 spiro atoms. The van der Waals surface area contributed by atoms with Gasteiger partial charge in [-0.15, -0.1) is 0 Å². The van der Waals surface area contributed by atoms with Crippen LogP contribution in [0.25, 0.3) is 0 Å². The van der Waals surface area contributed by atoms with Gasteiger partial charge in [0.25, 0.3) is 0 Å². The predicted octanol–water partition coefficient (Wildman–Crippen LogP) is 3.94. The standard InChI is InChI=1S/C16H18FNO/c1-11(13-6-8-15(17)9-7-13)18-12(2)14-4-3-5-16(19)10-14/h3-12,18-19H,1-2H3/t11-,12?/m0/s1. The minimum absolute atomic E-state index is 0.104. The Bertz CT molecular complexity index is 539. The van der Waals surface area contributed by atoms with Crippen molar-refractivity contribution in [1.82, 2.24) is 5.32 Å². The number of phenols is 1. The van der Waals surface area contributed by atoms with E-state index >= 15 is 0 Å². The lowest BCUT2D eigenvalue weighted by molar-refractivity contribution is 0.466. The molecule has 2 aromatic carbocycles. The summed E-state index contributed by atoms with van der Waals surface area (Å²) < 4.78 is 12.9. The number of aromatic hydroxyl groups is 1. The monoisotopic (exact) mass is 259 g/mol. The first-order chi connectivity index (χ1) is 9.06. The first-order valence-corrected chi connectivity index (χ1v) is 6.36. The summed E-state index contributed by atoms with van der Waals surface area (Å²) in [6.07, 6.45) is 0. The highest BCUT2D eigenvalue weighted by atomic mass is 19.1. The van der Waals surface area contributed by atoms with Crippen LogP contribution >= 0.6 is 0 Å². The molecule has 0 aromatic heterocycles. The molecule has 100 valence electrons. The third-order valence-electron chi connectivity index (χ3n) is 3.24. The molecular formula is C16H18FNO. The maximum Gasteiger partial charge on any atom is 0.123 e. The Morgan fingerprint density at radius 2 is 1.58 bits per heavy atom. The summed E-state index contributed by atoms with van der Waals surface area (Å²) in [5.74, 6) is 0.0394. The van der Waals surface area contributed by atoms with E-state index in [2.05, 4.69) is 5.32 Å². The van der Waals surface area contributed by atoms with E-state index in [1.807, 2.05) is 26.0 Å². The first-order valence-electron chi connectivity index (χ1n) is 6.36. The lowest BCUT2D eigenvalue weighted by Crippen LogP contribution is -2.22. The van der Waals surface area contributed by atoms with E-state index in [4.69, 9.17) is 0 Å². The van der Waals surface area contributed by atoms with Gasteiger partial charge in [0.15, 0.2) is 0 Å². The van der Waals surface area contributed by atoms with Crippen LogP contribution in [-0.2, 0) is 0 Å². The zero-order valence-electron chi connectivity index (χ0n) is 11.1. The molecule has 3 heteroatoms. The highest BCUT2D eigenvalue weighted by Gasteiger charge is 2.11. The van der Waals surface area contributed by atoms with Crippen molar-refractivity contribution in [2.45, 2.75) is 25.9 Å². The molecule has 0 amide bonds. The molecule has 1 unspecified atom stereocenters. The number of phenolic OH excluding ortho intramolecular Hbond substituents is 1. The average molecular weight is 259 g/mol. The van der Waals surface area contributed by atoms with Gasteiger partial charge >= 0.3 is 0 Å². The molecule has 2 nitrogen and oxygen atoms in total. The molecule has 0 radical (unpaired) electrons. The second-order valence-electron chi connectivity index (χ2n) is 4.76. The van der Waals surface area contributed by atoms with Crippen molar-refractivity contribution in [3.63, 3.8) is 0 Å². The quantitative estimate of drug-likeness (QED) is 0.871. The summed E-state index contributed by atoms with van der Waals surface area (Å²) in [6, 6.07) is 13.9. The molecule has 0 aliphatic heterocycles. The van der Waals surface area contributed by atoms with Crippen LogP contribution in [0.2, 0.25) is 0 Å². The zero-order valence-corrected chi connectivity index (χ0v) is 11.1. The molecule has 0 bridgehead atoms. The Morgan fingerprint density at radius 3 is 2.21 bits per heavy atom. The van der Waals surface area contributed by atoms with Crippen molar-refractivity contribution in [1.29, 1.82) is 0 Å². The highest BCUT2D eigenvalue weighted by Crippen LogP contribution is 2.22. The van der Waals surface area contributed by atoms with Gasteiger partial charge in [0.2, 0.25) is 0 Å². The van der Waals surface area contributed by atoms with Crippen LogP contribution in [0.15, 0.2) is 48.5 Å². The van der Waals surface area contributed by atoms with Gasteiger partial charge in [0, 0.05) is 12.1 Å². The number of rotatable bonds is 4. The third kappa shape index (κ3) is 3.55. The fourth-order valence-electron chi connectivity index (χ4n) is 2.11. The molecule has 0 aliphatic rings. The number of hydrogen-bond donors (Lipinski definition) is 2.